The van der Waals surface area contributed by atoms with Gasteiger partial charge in [-0.2, -0.15) is 0 Å². The maximum Gasteiger partial charge on any atom is 0.220 e. The minimum atomic E-state index is 0.271. The molecule has 0 bridgehead atoms. The fourth-order valence-electron chi connectivity index (χ4n) is 2.26. The number of pyridine rings is 1. The zero-order valence-corrected chi connectivity index (χ0v) is 11.3. The highest BCUT2D eigenvalue weighted by atomic mass is 16.5. The first kappa shape index (κ1) is 12.3. The fraction of sp³-hybridized carbons (Fsp3) is 0.133. The van der Waals surface area contributed by atoms with Crippen molar-refractivity contribution in [3.05, 3.63) is 42.2 Å². The molecule has 0 saturated heterocycles. The first-order valence-corrected chi connectivity index (χ1v) is 6.22. The van der Waals surface area contributed by atoms with Gasteiger partial charge in [0.15, 0.2) is 0 Å². The highest BCUT2D eigenvalue weighted by molar-refractivity contribution is 5.97. The van der Waals surface area contributed by atoms with Crippen molar-refractivity contribution >= 4 is 16.9 Å². The second kappa shape index (κ2) is 4.77. The number of methoxy groups -OCH3 is 1. The number of nitrogen functional groups attached to an aromatic ring is 1. The van der Waals surface area contributed by atoms with Crippen LogP contribution in [0.4, 0.5) is 5.95 Å². The number of nitrogens with two attached hydrogens (primary N) is 1. The summed E-state index contributed by atoms with van der Waals surface area (Å²) in [5.74, 6) is 1.01. The van der Waals surface area contributed by atoms with Crippen LogP contribution in [-0.2, 0) is 0 Å². The first-order valence-electron chi connectivity index (χ1n) is 6.22. The molecule has 3 aromatic rings. The Bertz CT molecular complexity index is 766. The lowest BCUT2D eigenvalue weighted by atomic mass is 10.0. The fourth-order valence-corrected chi connectivity index (χ4v) is 2.26. The lowest BCUT2D eigenvalue weighted by Crippen LogP contribution is -1.99. The molecule has 0 aliphatic carbocycles. The Hall–Kier alpha value is -2.69. The van der Waals surface area contributed by atoms with Gasteiger partial charge in [0.05, 0.1) is 12.8 Å². The van der Waals surface area contributed by atoms with Gasteiger partial charge in [0.1, 0.15) is 11.3 Å². The monoisotopic (exact) mass is 266 g/mol. The highest BCUT2D eigenvalue weighted by Crippen LogP contribution is 2.32. The van der Waals surface area contributed by atoms with Crippen LogP contribution < -0.4 is 10.5 Å². The van der Waals surface area contributed by atoms with Crippen molar-refractivity contribution in [1.29, 1.82) is 0 Å². The zero-order valence-electron chi connectivity index (χ0n) is 11.3. The zero-order chi connectivity index (χ0) is 14.1. The molecule has 2 N–H and O–H groups in total. The van der Waals surface area contributed by atoms with Gasteiger partial charge in [0.2, 0.25) is 5.95 Å². The van der Waals surface area contributed by atoms with E-state index in [1.807, 2.05) is 37.3 Å². The summed E-state index contributed by atoms with van der Waals surface area (Å²) in [4.78, 5) is 12.8. The second-order valence-corrected chi connectivity index (χ2v) is 4.47. The van der Waals surface area contributed by atoms with Gasteiger partial charge in [-0.3, -0.25) is 4.98 Å². The molecule has 0 atom stereocenters. The number of rotatable bonds is 2. The summed E-state index contributed by atoms with van der Waals surface area (Å²) in [6.07, 6.45) is 1.74. The molecule has 0 aliphatic heterocycles. The van der Waals surface area contributed by atoms with Gasteiger partial charge in [-0.05, 0) is 31.2 Å². The van der Waals surface area contributed by atoms with E-state index in [1.54, 1.807) is 13.3 Å². The van der Waals surface area contributed by atoms with Crippen LogP contribution in [0, 0.1) is 6.92 Å². The minimum absolute atomic E-state index is 0.271. The molecule has 0 aliphatic rings. The lowest BCUT2D eigenvalue weighted by Gasteiger charge is -2.10. The quantitative estimate of drug-likeness (QED) is 0.771. The van der Waals surface area contributed by atoms with E-state index in [0.717, 1.165) is 33.6 Å². The summed E-state index contributed by atoms with van der Waals surface area (Å²) in [5, 5.41) is 0.976. The van der Waals surface area contributed by atoms with Gasteiger partial charge in [0, 0.05) is 22.8 Å². The van der Waals surface area contributed by atoms with E-state index in [1.165, 1.54) is 0 Å². The van der Waals surface area contributed by atoms with Crippen molar-refractivity contribution in [3.63, 3.8) is 0 Å². The molecular formula is C15H14N4O. The molecule has 2 aromatic heterocycles. The Kier molecular flexibility index (Phi) is 2.95. The molecule has 0 unspecified atom stereocenters. The maximum atomic E-state index is 5.73. The SMILES string of the molecule is COc1ccc(-c2cc(C)nc(N)n2)c2cccnc12. The Morgan fingerprint density at radius 3 is 2.75 bits per heavy atom. The third-order valence-electron chi connectivity index (χ3n) is 3.10. The van der Waals surface area contributed by atoms with Crippen LogP contribution in [0.5, 0.6) is 5.75 Å². The van der Waals surface area contributed by atoms with Gasteiger partial charge >= 0.3 is 0 Å². The van der Waals surface area contributed by atoms with Crippen LogP contribution in [0.3, 0.4) is 0 Å². The molecule has 0 fully saturated rings. The minimum Gasteiger partial charge on any atom is -0.494 e. The van der Waals surface area contributed by atoms with Crippen LogP contribution in [0.1, 0.15) is 5.69 Å². The van der Waals surface area contributed by atoms with Crippen LogP contribution in [0.2, 0.25) is 0 Å². The van der Waals surface area contributed by atoms with Gasteiger partial charge < -0.3 is 10.5 Å². The molecule has 5 heteroatoms. The number of hydrogen-bond acceptors (Lipinski definition) is 5. The lowest BCUT2D eigenvalue weighted by molar-refractivity contribution is 0.419. The molecule has 100 valence electrons. The summed E-state index contributed by atoms with van der Waals surface area (Å²) in [6, 6.07) is 9.64. The van der Waals surface area contributed by atoms with Crippen LogP contribution >= 0.6 is 0 Å². The topological polar surface area (TPSA) is 73.9 Å². The number of anilines is 1. The Morgan fingerprint density at radius 2 is 2.00 bits per heavy atom. The number of ether oxygens (including phenoxy) is 1. The van der Waals surface area contributed by atoms with Gasteiger partial charge in [-0.25, -0.2) is 9.97 Å². The normalized spacial score (nSPS) is 10.7. The number of hydrogen-bond donors (Lipinski definition) is 1. The summed E-state index contributed by atoms with van der Waals surface area (Å²) in [7, 11) is 1.63. The predicted molar refractivity (Wildman–Crippen MR) is 78.5 cm³/mol. The molecule has 20 heavy (non-hydrogen) atoms. The summed E-state index contributed by atoms with van der Waals surface area (Å²) < 4.78 is 5.35. The standard InChI is InChI=1S/C15H14N4O/c1-9-8-12(19-15(16)18-9)10-5-6-13(20-2)14-11(10)4-3-7-17-14/h3-8H,1-2H3,(H2,16,18,19). The summed E-state index contributed by atoms with van der Waals surface area (Å²) >= 11 is 0. The Balaban J connectivity index is 2.31. The number of benzene rings is 1. The number of aromatic nitrogens is 3. The third kappa shape index (κ3) is 2.03. The molecular weight excluding hydrogens is 252 g/mol. The van der Waals surface area contributed by atoms with Crippen molar-refractivity contribution in [2.45, 2.75) is 6.92 Å². The van der Waals surface area contributed by atoms with E-state index in [9.17, 15) is 0 Å². The first-order chi connectivity index (χ1) is 9.69. The largest absolute Gasteiger partial charge is 0.494 e. The molecule has 1 aromatic carbocycles. The molecule has 0 spiro atoms. The van der Waals surface area contributed by atoms with Crippen molar-refractivity contribution < 1.29 is 4.74 Å². The van der Waals surface area contributed by atoms with Gasteiger partial charge in [-0.15, -0.1) is 0 Å². The van der Waals surface area contributed by atoms with E-state index >= 15 is 0 Å². The van der Waals surface area contributed by atoms with Crippen molar-refractivity contribution in [2.24, 2.45) is 0 Å². The van der Waals surface area contributed by atoms with Gasteiger partial charge in [0.25, 0.3) is 0 Å². The number of nitrogens with zero attached hydrogens (tertiary/aromatic N) is 3. The second-order valence-electron chi connectivity index (χ2n) is 4.47. The van der Waals surface area contributed by atoms with Crippen LogP contribution in [0.15, 0.2) is 36.5 Å². The van der Waals surface area contributed by atoms with E-state index in [-0.39, 0.29) is 5.95 Å². The smallest absolute Gasteiger partial charge is 0.220 e. The third-order valence-corrected chi connectivity index (χ3v) is 3.10. The molecule has 3 rings (SSSR count). The molecule has 0 saturated carbocycles. The highest BCUT2D eigenvalue weighted by Gasteiger charge is 2.11. The maximum absolute atomic E-state index is 5.73. The van der Waals surface area contributed by atoms with E-state index in [2.05, 4.69) is 15.0 Å². The van der Waals surface area contributed by atoms with Crippen LogP contribution in [-0.4, -0.2) is 22.1 Å². The Labute approximate surface area is 116 Å². The van der Waals surface area contributed by atoms with E-state index in [0.29, 0.717) is 0 Å². The van der Waals surface area contributed by atoms with Crippen LogP contribution in [0.25, 0.3) is 22.2 Å². The van der Waals surface area contributed by atoms with E-state index < -0.39 is 0 Å². The van der Waals surface area contributed by atoms with Crippen molar-refractivity contribution in [2.75, 3.05) is 12.8 Å². The summed E-state index contributed by atoms with van der Waals surface area (Å²) in [6.45, 7) is 1.89. The van der Waals surface area contributed by atoms with E-state index in [4.69, 9.17) is 10.5 Å². The average Bonchev–Trinajstić information content (AvgIpc) is 2.45. The average molecular weight is 266 g/mol. The molecule has 0 amide bonds. The Morgan fingerprint density at radius 1 is 1.15 bits per heavy atom. The molecule has 2 heterocycles. The number of aryl methyl sites for hydroxylation is 1. The van der Waals surface area contributed by atoms with Crippen molar-refractivity contribution in [3.8, 4) is 17.0 Å². The molecule has 0 radical (unpaired) electrons. The molecule has 5 nitrogen and oxygen atoms in total. The van der Waals surface area contributed by atoms with Gasteiger partial charge in [-0.1, -0.05) is 6.07 Å². The summed E-state index contributed by atoms with van der Waals surface area (Å²) in [5.41, 5.74) is 9.13. The predicted octanol–water partition coefficient (Wildman–Crippen LogP) is 2.59. The number of fused-ring (bicyclic) bond motifs is 1. The van der Waals surface area contributed by atoms with Crippen molar-refractivity contribution in [1.82, 2.24) is 15.0 Å².